The Morgan fingerprint density at radius 3 is 1.98 bits per heavy atom. The maximum absolute atomic E-state index is 13.7. The quantitative estimate of drug-likeness (QED) is 0.127. The van der Waals surface area contributed by atoms with Crippen molar-refractivity contribution in [2.24, 2.45) is 0 Å². The number of ether oxygens (including phenoxy) is 1. The summed E-state index contributed by atoms with van der Waals surface area (Å²) in [6.45, 7) is 9.55. The topological polar surface area (TPSA) is 154 Å². The predicted octanol–water partition coefficient (Wildman–Crippen LogP) is 6.50. The lowest BCUT2D eigenvalue weighted by atomic mass is 9.84. The summed E-state index contributed by atoms with van der Waals surface area (Å²) in [6.07, 6.45) is 2.46. The smallest absolute Gasteiger partial charge is 0.382 e. The van der Waals surface area contributed by atoms with Crippen molar-refractivity contribution >= 4 is 39.4 Å². The van der Waals surface area contributed by atoms with Crippen LogP contribution in [0.2, 0.25) is 0 Å². The number of aliphatic hydroxyl groups excluding tert-OH is 1. The van der Waals surface area contributed by atoms with Crippen LogP contribution in [0.3, 0.4) is 0 Å². The second-order valence-electron chi connectivity index (χ2n) is 12.5. The molecule has 0 saturated heterocycles. The van der Waals surface area contributed by atoms with Gasteiger partial charge in [-0.05, 0) is 96.7 Å². The average molecular weight is 654 g/mol. The van der Waals surface area contributed by atoms with Gasteiger partial charge in [-0.1, -0.05) is 63.7 Å². The lowest BCUT2D eigenvalue weighted by Crippen LogP contribution is -2.41. The van der Waals surface area contributed by atoms with Gasteiger partial charge in [0.05, 0.1) is 0 Å². The molecule has 45 heavy (non-hydrogen) atoms. The van der Waals surface area contributed by atoms with E-state index in [0.717, 1.165) is 28.5 Å². The number of benzene rings is 3. The van der Waals surface area contributed by atoms with Crippen molar-refractivity contribution in [3.05, 3.63) is 93.6 Å². The summed E-state index contributed by atoms with van der Waals surface area (Å²) >= 11 is 1.12. The molecule has 0 fully saturated rings. The van der Waals surface area contributed by atoms with Crippen molar-refractivity contribution in [2.45, 2.75) is 82.6 Å². The summed E-state index contributed by atoms with van der Waals surface area (Å²) in [4.78, 5) is 14.5. The molecule has 0 amide bonds. The number of cyclic esters (lactones) is 1. The number of hydrogen-bond acceptors (Lipinski definition) is 9. The first-order valence-corrected chi connectivity index (χ1v) is 17.2. The molecule has 0 radical (unpaired) electrons. The number of carbonyl (C=O) groups excluding carboxylic acids is 1. The molecule has 0 aromatic heterocycles. The van der Waals surface area contributed by atoms with Crippen LogP contribution in [0.1, 0.15) is 69.2 Å². The van der Waals surface area contributed by atoms with Gasteiger partial charge in [0.1, 0.15) is 22.0 Å². The van der Waals surface area contributed by atoms with E-state index in [4.69, 9.17) is 20.4 Å². The molecular formula is C34H43N3O6S2. The van der Waals surface area contributed by atoms with Gasteiger partial charge in [0, 0.05) is 29.2 Å². The Balaban J connectivity index is 1.65. The number of rotatable bonds is 12. The number of carbonyl (C=O) groups is 1. The van der Waals surface area contributed by atoms with Crippen LogP contribution in [0.25, 0.3) is 0 Å². The Morgan fingerprint density at radius 1 is 0.978 bits per heavy atom. The Kier molecular flexibility index (Phi) is 10.5. The van der Waals surface area contributed by atoms with Gasteiger partial charge < -0.3 is 25.5 Å². The predicted molar refractivity (Wildman–Crippen MR) is 180 cm³/mol. The zero-order valence-electron chi connectivity index (χ0n) is 26.5. The summed E-state index contributed by atoms with van der Waals surface area (Å²) in [6, 6.07) is 18.7. The van der Waals surface area contributed by atoms with Gasteiger partial charge in [-0.3, -0.25) is 0 Å². The van der Waals surface area contributed by atoms with E-state index >= 15 is 0 Å². The molecule has 242 valence electrons. The number of thioether (sulfide) groups is 1. The molecule has 0 unspecified atom stereocenters. The van der Waals surface area contributed by atoms with Crippen LogP contribution < -0.4 is 20.4 Å². The SMILES string of the molecule is CCNS(=O)(=O)Oc1cc(C(C)(C)C)c(SC2=C(O)CC(CCc3ccc(N)cc3)(CCc3ccc(N)cc3)OC2=O)cc1C. The summed E-state index contributed by atoms with van der Waals surface area (Å²) in [5.74, 6) is -0.427. The molecule has 6 N–H and O–H groups in total. The fraction of sp³-hybridized carbons (Fsp3) is 0.382. The minimum atomic E-state index is -3.99. The molecule has 0 aliphatic carbocycles. The first kappa shape index (κ1) is 34.2. The third-order valence-electron chi connectivity index (χ3n) is 7.76. The standard InChI is InChI=1S/C34H43N3O6S2/c1-6-37-45(40,41)43-29-20-27(33(3,4)5)30(19-22(29)2)44-31-28(38)21-34(42-32(31)39,17-15-23-7-11-25(35)12-8-23)18-16-24-9-13-26(36)14-10-24/h7-14,19-20,37-38H,6,15-18,21,35-36H2,1-5H3. The Labute approximate surface area is 270 Å². The largest absolute Gasteiger partial charge is 0.511 e. The number of aryl methyl sites for hydroxylation is 3. The average Bonchev–Trinajstić information content (AvgIpc) is 2.95. The third kappa shape index (κ3) is 8.96. The van der Waals surface area contributed by atoms with Crippen LogP contribution >= 0.6 is 11.8 Å². The molecular weight excluding hydrogens is 611 g/mol. The number of nitrogens with two attached hydrogens (primary N) is 2. The van der Waals surface area contributed by atoms with Crippen molar-refractivity contribution in [3.63, 3.8) is 0 Å². The molecule has 0 saturated carbocycles. The van der Waals surface area contributed by atoms with Gasteiger partial charge in [0.25, 0.3) is 0 Å². The Morgan fingerprint density at radius 2 is 1.51 bits per heavy atom. The minimum absolute atomic E-state index is 0.0292. The minimum Gasteiger partial charge on any atom is -0.511 e. The lowest BCUT2D eigenvalue weighted by Gasteiger charge is -2.37. The molecule has 3 aromatic carbocycles. The summed E-state index contributed by atoms with van der Waals surface area (Å²) in [7, 11) is -3.99. The Hall–Kier alpha value is -3.67. The van der Waals surface area contributed by atoms with Crippen LogP contribution in [-0.2, 0) is 38.1 Å². The molecule has 0 atom stereocenters. The molecule has 11 heteroatoms. The van der Waals surface area contributed by atoms with Crippen molar-refractivity contribution in [2.75, 3.05) is 18.0 Å². The van der Waals surface area contributed by atoms with E-state index < -0.39 is 27.3 Å². The van der Waals surface area contributed by atoms with Crippen LogP contribution in [-0.4, -0.2) is 31.6 Å². The van der Waals surface area contributed by atoms with Gasteiger partial charge in [-0.25, -0.2) is 4.79 Å². The maximum Gasteiger partial charge on any atom is 0.382 e. The van der Waals surface area contributed by atoms with Crippen LogP contribution in [0.15, 0.2) is 76.2 Å². The van der Waals surface area contributed by atoms with E-state index in [1.54, 1.807) is 26.0 Å². The van der Waals surface area contributed by atoms with Crippen molar-refractivity contribution in [1.82, 2.24) is 4.72 Å². The molecule has 0 spiro atoms. The van der Waals surface area contributed by atoms with Gasteiger partial charge in [-0.2, -0.15) is 13.1 Å². The van der Waals surface area contributed by atoms with Gasteiger partial charge in [-0.15, -0.1) is 0 Å². The first-order chi connectivity index (χ1) is 21.1. The highest BCUT2D eigenvalue weighted by Crippen LogP contribution is 2.45. The lowest BCUT2D eigenvalue weighted by molar-refractivity contribution is -0.159. The molecule has 3 aromatic rings. The van der Waals surface area contributed by atoms with E-state index in [2.05, 4.69) is 4.72 Å². The zero-order chi connectivity index (χ0) is 33.0. The first-order valence-electron chi connectivity index (χ1n) is 15.0. The summed E-state index contributed by atoms with van der Waals surface area (Å²) in [5, 5.41) is 11.4. The van der Waals surface area contributed by atoms with Gasteiger partial charge >= 0.3 is 16.3 Å². The number of nitrogen functional groups attached to an aromatic ring is 2. The molecule has 1 aliphatic rings. The fourth-order valence-corrected chi connectivity index (χ4v) is 7.33. The Bertz CT molecular complexity index is 1610. The van der Waals surface area contributed by atoms with E-state index in [1.165, 1.54) is 0 Å². The van der Waals surface area contributed by atoms with E-state index in [0.29, 0.717) is 47.5 Å². The molecule has 4 rings (SSSR count). The number of aliphatic hydroxyl groups is 1. The van der Waals surface area contributed by atoms with Crippen molar-refractivity contribution in [1.29, 1.82) is 0 Å². The van der Waals surface area contributed by atoms with Crippen LogP contribution in [0, 0.1) is 6.92 Å². The number of anilines is 2. The molecule has 0 bridgehead atoms. The highest BCUT2D eigenvalue weighted by atomic mass is 32.2. The van der Waals surface area contributed by atoms with E-state index in [1.807, 2.05) is 69.3 Å². The second kappa shape index (κ2) is 13.8. The third-order valence-corrected chi connectivity index (χ3v) is 9.97. The van der Waals surface area contributed by atoms with Gasteiger partial charge in [0.15, 0.2) is 0 Å². The highest BCUT2D eigenvalue weighted by Gasteiger charge is 2.42. The zero-order valence-corrected chi connectivity index (χ0v) is 28.1. The normalized spacial score (nSPS) is 15.2. The maximum atomic E-state index is 13.7. The molecule has 1 heterocycles. The molecule has 1 aliphatic heterocycles. The number of hydrogen-bond donors (Lipinski definition) is 4. The number of esters is 1. The van der Waals surface area contributed by atoms with Crippen molar-refractivity contribution < 1.29 is 27.2 Å². The number of nitrogens with one attached hydrogen (secondary N) is 1. The van der Waals surface area contributed by atoms with E-state index in [9.17, 15) is 18.3 Å². The second-order valence-corrected chi connectivity index (χ2v) is 14.9. The van der Waals surface area contributed by atoms with Gasteiger partial charge in [0.2, 0.25) is 0 Å². The fourth-order valence-electron chi connectivity index (χ4n) is 5.26. The monoisotopic (exact) mass is 653 g/mol. The van der Waals surface area contributed by atoms with E-state index in [-0.39, 0.29) is 29.4 Å². The van der Waals surface area contributed by atoms with Crippen LogP contribution in [0.5, 0.6) is 5.75 Å². The summed E-state index contributed by atoms with van der Waals surface area (Å²) < 4.78 is 38.6. The summed E-state index contributed by atoms with van der Waals surface area (Å²) in [5.41, 5.74) is 15.2. The van der Waals surface area contributed by atoms with Crippen LogP contribution in [0.4, 0.5) is 11.4 Å². The highest BCUT2D eigenvalue weighted by molar-refractivity contribution is 8.04. The van der Waals surface area contributed by atoms with Crippen molar-refractivity contribution in [3.8, 4) is 5.75 Å². The molecule has 9 nitrogen and oxygen atoms in total.